The van der Waals surface area contributed by atoms with Crippen molar-refractivity contribution < 1.29 is 18.7 Å². The highest BCUT2D eigenvalue weighted by Gasteiger charge is 2.37. The highest BCUT2D eigenvalue weighted by Crippen LogP contribution is 2.31. The average molecular weight is 440 g/mol. The molecule has 1 N–H and O–H groups in total. The first-order valence-corrected chi connectivity index (χ1v) is 11.6. The van der Waals surface area contributed by atoms with Crippen LogP contribution in [0.15, 0.2) is 47.1 Å². The molecule has 2 fully saturated rings. The third kappa shape index (κ3) is 5.33. The largest absolute Gasteiger partial charge is 0.497 e. The van der Waals surface area contributed by atoms with Gasteiger partial charge >= 0.3 is 0 Å². The van der Waals surface area contributed by atoms with Crippen molar-refractivity contribution in [2.75, 3.05) is 39.8 Å². The molecular formula is C25H33N3O4. The maximum absolute atomic E-state index is 13.3. The first-order chi connectivity index (χ1) is 15.7. The lowest BCUT2D eigenvalue weighted by atomic mass is 9.95. The van der Waals surface area contributed by atoms with Crippen molar-refractivity contribution in [3.63, 3.8) is 0 Å². The summed E-state index contributed by atoms with van der Waals surface area (Å²) < 4.78 is 10.5. The summed E-state index contributed by atoms with van der Waals surface area (Å²) in [6.07, 6.45) is 6.90. The third-order valence-corrected chi connectivity index (χ3v) is 6.71. The molecule has 1 aliphatic carbocycles. The fraction of sp³-hybridized carbons (Fsp3) is 0.520. The van der Waals surface area contributed by atoms with Crippen molar-refractivity contribution >= 4 is 11.8 Å². The highest BCUT2D eigenvalue weighted by atomic mass is 16.5. The zero-order chi connectivity index (χ0) is 22.3. The van der Waals surface area contributed by atoms with E-state index in [2.05, 4.69) is 10.2 Å². The summed E-state index contributed by atoms with van der Waals surface area (Å²) >= 11 is 0. The summed E-state index contributed by atoms with van der Waals surface area (Å²) in [6, 6.07) is 11.3. The molecule has 7 heteroatoms. The van der Waals surface area contributed by atoms with Crippen LogP contribution in [0.1, 0.15) is 41.8 Å². The van der Waals surface area contributed by atoms with E-state index in [9.17, 15) is 9.59 Å². The van der Waals surface area contributed by atoms with Crippen LogP contribution in [0, 0.1) is 5.92 Å². The second kappa shape index (κ2) is 10.7. The Morgan fingerprint density at radius 1 is 1.09 bits per heavy atom. The van der Waals surface area contributed by atoms with Crippen LogP contribution >= 0.6 is 0 Å². The van der Waals surface area contributed by atoms with Crippen LogP contribution < -0.4 is 10.1 Å². The summed E-state index contributed by atoms with van der Waals surface area (Å²) in [5.41, 5.74) is 1.17. The average Bonchev–Trinajstić information content (AvgIpc) is 3.55. The molecule has 1 aromatic heterocycles. The van der Waals surface area contributed by atoms with Crippen molar-refractivity contribution in [2.24, 2.45) is 5.92 Å². The number of hydrogen-bond acceptors (Lipinski definition) is 5. The van der Waals surface area contributed by atoms with Gasteiger partial charge in [0.15, 0.2) is 5.76 Å². The van der Waals surface area contributed by atoms with Gasteiger partial charge in [-0.3, -0.25) is 14.5 Å². The lowest BCUT2D eigenvalue weighted by Gasteiger charge is -2.40. The highest BCUT2D eigenvalue weighted by molar-refractivity contribution is 5.91. The van der Waals surface area contributed by atoms with Gasteiger partial charge in [-0.1, -0.05) is 25.0 Å². The monoisotopic (exact) mass is 439 g/mol. The lowest BCUT2D eigenvalue weighted by Crippen LogP contribution is -2.58. The Morgan fingerprint density at radius 3 is 2.44 bits per heavy atom. The fourth-order valence-corrected chi connectivity index (χ4v) is 4.94. The molecule has 0 unspecified atom stereocenters. The molecule has 1 atom stereocenters. The number of carbonyl (C=O) groups is 2. The molecule has 2 heterocycles. The van der Waals surface area contributed by atoms with E-state index in [0.29, 0.717) is 44.4 Å². The van der Waals surface area contributed by atoms with Gasteiger partial charge in [-0.2, -0.15) is 0 Å². The normalized spacial score (nSPS) is 18.5. The van der Waals surface area contributed by atoms with E-state index in [1.165, 1.54) is 24.7 Å². The fourth-order valence-electron chi connectivity index (χ4n) is 4.94. The smallest absolute Gasteiger partial charge is 0.289 e. The molecule has 1 saturated carbocycles. The van der Waals surface area contributed by atoms with Crippen molar-refractivity contribution in [2.45, 2.75) is 38.1 Å². The Kier molecular flexibility index (Phi) is 7.47. The minimum Gasteiger partial charge on any atom is -0.497 e. The van der Waals surface area contributed by atoms with Gasteiger partial charge in [-0.25, -0.2) is 0 Å². The van der Waals surface area contributed by atoms with Crippen LogP contribution in [0.4, 0.5) is 0 Å². The molecule has 32 heavy (non-hydrogen) atoms. The maximum atomic E-state index is 13.3. The Morgan fingerprint density at radius 2 is 1.81 bits per heavy atom. The van der Waals surface area contributed by atoms with E-state index in [1.54, 1.807) is 19.2 Å². The zero-order valence-corrected chi connectivity index (χ0v) is 18.8. The second-order valence-corrected chi connectivity index (χ2v) is 8.68. The number of rotatable bonds is 8. The number of nitrogens with one attached hydrogen (secondary N) is 1. The van der Waals surface area contributed by atoms with Crippen LogP contribution in [0.5, 0.6) is 5.75 Å². The quantitative estimate of drug-likeness (QED) is 0.685. The third-order valence-electron chi connectivity index (χ3n) is 6.71. The van der Waals surface area contributed by atoms with E-state index in [4.69, 9.17) is 9.15 Å². The van der Waals surface area contributed by atoms with Gasteiger partial charge in [0.2, 0.25) is 5.91 Å². The molecule has 0 radical (unpaired) electrons. The summed E-state index contributed by atoms with van der Waals surface area (Å²) in [4.78, 5) is 29.9. The summed E-state index contributed by atoms with van der Waals surface area (Å²) in [5, 5.41) is 3.18. The Labute approximate surface area is 189 Å². The maximum Gasteiger partial charge on any atom is 0.289 e. The van der Waals surface area contributed by atoms with Crippen LogP contribution in [-0.2, 0) is 11.2 Å². The van der Waals surface area contributed by atoms with E-state index in [1.807, 2.05) is 29.2 Å². The van der Waals surface area contributed by atoms with E-state index in [-0.39, 0.29) is 17.9 Å². The number of hydrogen-bond donors (Lipinski definition) is 1. The van der Waals surface area contributed by atoms with Crippen LogP contribution in [0.25, 0.3) is 0 Å². The van der Waals surface area contributed by atoms with Crippen LogP contribution in [0.2, 0.25) is 0 Å². The number of carbonyl (C=O) groups excluding carboxylic acids is 2. The van der Waals surface area contributed by atoms with Crippen molar-refractivity contribution in [1.82, 2.24) is 15.1 Å². The molecule has 2 aliphatic rings. The molecule has 0 spiro atoms. The molecule has 7 nitrogen and oxygen atoms in total. The first kappa shape index (κ1) is 22.4. The molecular weight excluding hydrogens is 406 g/mol. The molecule has 2 amide bonds. The molecule has 4 rings (SSSR count). The Bertz CT molecular complexity index is 867. The number of amides is 2. The zero-order valence-electron chi connectivity index (χ0n) is 18.8. The number of nitrogens with zero attached hydrogens (tertiary/aromatic N) is 2. The van der Waals surface area contributed by atoms with Gasteiger partial charge in [-0.05, 0) is 55.0 Å². The minimum atomic E-state index is -0.116. The number of benzene rings is 1. The standard InChI is InChI=1S/C25H33N3O4/c1-31-21-10-8-19(9-11-21)12-13-26-24(29)23(20-5-2-3-6-20)27-14-16-28(17-15-27)25(30)22-7-4-18-32-22/h4,7-11,18,20,23H,2-3,5-6,12-17H2,1H3,(H,26,29)/t23-/m1/s1. The number of piperazine rings is 1. The van der Waals surface area contributed by atoms with E-state index in [0.717, 1.165) is 25.0 Å². The van der Waals surface area contributed by atoms with Gasteiger partial charge < -0.3 is 19.4 Å². The molecule has 0 bridgehead atoms. The van der Waals surface area contributed by atoms with Gasteiger partial charge in [0.05, 0.1) is 19.4 Å². The summed E-state index contributed by atoms with van der Waals surface area (Å²) in [5.74, 6) is 1.65. The second-order valence-electron chi connectivity index (χ2n) is 8.68. The topological polar surface area (TPSA) is 75.0 Å². The first-order valence-electron chi connectivity index (χ1n) is 11.6. The number of furan rings is 1. The van der Waals surface area contributed by atoms with Crippen molar-refractivity contribution in [3.05, 3.63) is 54.0 Å². The summed E-state index contributed by atoms with van der Waals surface area (Å²) in [7, 11) is 1.66. The predicted molar refractivity (Wildman–Crippen MR) is 122 cm³/mol. The van der Waals surface area contributed by atoms with Gasteiger partial charge in [0.25, 0.3) is 5.91 Å². The van der Waals surface area contributed by atoms with E-state index < -0.39 is 0 Å². The molecule has 1 aliphatic heterocycles. The molecule has 172 valence electrons. The van der Waals surface area contributed by atoms with Gasteiger partial charge in [-0.15, -0.1) is 0 Å². The van der Waals surface area contributed by atoms with Crippen molar-refractivity contribution in [1.29, 1.82) is 0 Å². The molecule has 2 aromatic rings. The van der Waals surface area contributed by atoms with Crippen molar-refractivity contribution in [3.8, 4) is 5.75 Å². The van der Waals surface area contributed by atoms with Crippen LogP contribution in [-0.4, -0.2) is 67.5 Å². The lowest BCUT2D eigenvalue weighted by molar-refractivity contribution is -0.129. The van der Waals surface area contributed by atoms with E-state index >= 15 is 0 Å². The van der Waals surface area contributed by atoms with Crippen LogP contribution in [0.3, 0.4) is 0 Å². The molecule has 1 saturated heterocycles. The summed E-state index contributed by atoms with van der Waals surface area (Å²) in [6.45, 7) is 3.26. The molecule has 1 aromatic carbocycles. The Balaban J connectivity index is 1.32. The minimum absolute atomic E-state index is 0.0731. The van der Waals surface area contributed by atoms with Gasteiger partial charge in [0, 0.05) is 32.7 Å². The SMILES string of the molecule is COc1ccc(CCNC(=O)[C@@H](C2CCCC2)N2CCN(C(=O)c3ccco3)CC2)cc1. The number of ether oxygens (including phenoxy) is 1. The predicted octanol–water partition coefficient (Wildman–Crippen LogP) is 2.96. The van der Waals surface area contributed by atoms with Gasteiger partial charge in [0.1, 0.15) is 5.75 Å². The number of methoxy groups -OCH3 is 1. The Hall–Kier alpha value is -2.80.